The largest absolute Gasteiger partial charge is 0.481 e. The van der Waals surface area contributed by atoms with Crippen molar-refractivity contribution >= 4 is 16.7 Å². The van der Waals surface area contributed by atoms with Crippen LogP contribution in [-0.4, -0.2) is 30.0 Å². The van der Waals surface area contributed by atoms with E-state index in [4.69, 9.17) is 4.74 Å². The van der Waals surface area contributed by atoms with Crippen LogP contribution in [0.2, 0.25) is 0 Å². The van der Waals surface area contributed by atoms with E-state index in [0.717, 1.165) is 37.1 Å². The molecule has 0 saturated carbocycles. The molecule has 1 aliphatic rings. The molecule has 2 aromatic carbocycles. The van der Waals surface area contributed by atoms with Crippen molar-refractivity contribution in [2.24, 2.45) is 0 Å². The maximum atomic E-state index is 12.8. The minimum atomic E-state index is -0.380. The Balaban J connectivity index is 1.73. The molecule has 1 fully saturated rings. The number of ether oxygens (including phenoxy) is 1. The van der Waals surface area contributed by atoms with Crippen molar-refractivity contribution in [3.8, 4) is 5.75 Å². The smallest absolute Gasteiger partial charge is 0.263 e. The monoisotopic (exact) mass is 311 g/mol. The zero-order valence-corrected chi connectivity index (χ0v) is 13.8. The Morgan fingerprint density at radius 2 is 1.74 bits per heavy atom. The molecule has 3 heteroatoms. The van der Waals surface area contributed by atoms with Crippen molar-refractivity contribution in [1.82, 2.24) is 4.90 Å². The van der Waals surface area contributed by atoms with Gasteiger partial charge >= 0.3 is 0 Å². The van der Waals surface area contributed by atoms with Gasteiger partial charge in [0.2, 0.25) is 0 Å². The van der Waals surface area contributed by atoms with E-state index in [9.17, 15) is 4.79 Å². The van der Waals surface area contributed by atoms with E-state index in [0.29, 0.717) is 6.42 Å². The number of carbonyl (C=O) groups excluding carboxylic acids is 1. The Morgan fingerprint density at radius 3 is 2.43 bits per heavy atom. The van der Waals surface area contributed by atoms with Gasteiger partial charge in [-0.1, -0.05) is 50.1 Å². The maximum absolute atomic E-state index is 12.8. The number of benzene rings is 2. The minimum Gasteiger partial charge on any atom is -0.481 e. The Labute approximate surface area is 138 Å². The van der Waals surface area contributed by atoms with Gasteiger partial charge in [0.05, 0.1) is 0 Å². The summed E-state index contributed by atoms with van der Waals surface area (Å²) in [5.41, 5.74) is 0. The lowest BCUT2D eigenvalue weighted by atomic mass is 10.1. The first-order chi connectivity index (χ1) is 11.3. The Bertz CT molecular complexity index is 659. The van der Waals surface area contributed by atoms with Gasteiger partial charge in [-0.2, -0.15) is 0 Å². The molecule has 1 saturated heterocycles. The van der Waals surface area contributed by atoms with E-state index in [1.165, 1.54) is 18.2 Å². The summed E-state index contributed by atoms with van der Waals surface area (Å²) in [7, 11) is 0. The molecule has 0 aliphatic carbocycles. The summed E-state index contributed by atoms with van der Waals surface area (Å²) < 4.78 is 6.04. The number of hydrogen-bond acceptors (Lipinski definition) is 2. The minimum absolute atomic E-state index is 0.141. The molecule has 1 heterocycles. The quantitative estimate of drug-likeness (QED) is 0.837. The number of rotatable bonds is 4. The number of likely N-dealkylation sites (tertiary alicyclic amines) is 1. The van der Waals surface area contributed by atoms with Crippen LogP contribution in [0.5, 0.6) is 5.75 Å². The highest BCUT2D eigenvalue weighted by molar-refractivity contribution is 5.84. The molecule has 1 atom stereocenters. The third-order valence-electron chi connectivity index (χ3n) is 4.56. The van der Waals surface area contributed by atoms with Crippen molar-refractivity contribution in [2.45, 2.75) is 45.1 Å². The first-order valence-corrected chi connectivity index (χ1v) is 8.72. The number of fused-ring (bicyclic) bond motifs is 1. The van der Waals surface area contributed by atoms with Gasteiger partial charge in [0.15, 0.2) is 6.10 Å². The number of nitrogens with zero attached hydrogens (tertiary/aromatic N) is 1. The number of hydrogen-bond donors (Lipinski definition) is 0. The van der Waals surface area contributed by atoms with E-state index >= 15 is 0 Å². The fraction of sp³-hybridized carbons (Fsp3) is 0.450. The SMILES string of the molecule is CCC(Oc1ccc2ccccc2c1)C(=O)N1CCCCCC1. The van der Waals surface area contributed by atoms with Crippen LogP contribution in [0.15, 0.2) is 42.5 Å². The third-order valence-corrected chi connectivity index (χ3v) is 4.56. The van der Waals surface area contributed by atoms with Crippen LogP contribution in [0, 0.1) is 0 Å². The van der Waals surface area contributed by atoms with Crippen LogP contribution >= 0.6 is 0 Å². The average Bonchev–Trinajstić information content (AvgIpc) is 2.88. The molecular formula is C20H25NO2. The Morgan fingerprint density at radius 1 is 1.04 bits per heavy atom. The number of carbonyl (C=O) groups is 1. The third kappa shape index (κ3) is 3.84. The van der Waals surface area contributed by atoms with Crippen molar-refractivity contribution in [3.05, 3.63) is 42.5 Å². The predicted molar refractivity (Wildman–Crippen MR) is 93.7 cm³/mol. The van der Waals surface area contributed by atoms with Crippen LogP contribution in [0.3, 0.4) is 0 Å². The topological polar surface area (TPSA) is 29.5 Å². The lowest BCUT2D eigenvalue weighted by Crippen LogP contribution is -2.42. The molecule has 0 aromatic heterocycles. The van der Waals surface area contributed by atoms with Crippen molar-refractivity contribution < 1.29 is 9.53 Å². The first kappa shape index (κ1) is 15.9. The van der Waals surface area contributed by atoms with Crippen LogP contribution in [0.1, 0.15) is 39.0 Å². The molecular weight excluding hydrogens is 286 g/mol. The highest BCUT2D eigenvalue weighted by atomic mass is 16.5. The predicted octanol–water partition coefficient (Wildman–Crippen LogP) is 4.40. The molecule has 2 aromatic rings. The molecule has 3 rings (SSSR count). The molecule has 23 heavy (non-hydrogen) atoms. The van der Waals surface area contributed by atoms with Gasteiger partial charge in [-0.3, -0.25) is 4.79 Å². The van der Waals surface area contributed by atoms with Crippen molar-refractivity contribution in [2.75, 3.05) is 13.1 Å². The molecule has 3 nitrogen and oxygen atoms in total. The van der Waals surface area contributed by atoms with Crippen LogP contribution < -0.4 is 4.74 Å². The maximum Gasteiger partial charge on any atom is 0.263 e. The highest BCUT2D eigenvalue weighted by Gasteiger charge is 2.25. The standard InChI is InChI=1S/C20H25NO2/c1-2-19(20(22)21-13-7-3-4-8-14-21)23-18-12-11-16-9-5-6-10-17(16)15-18/h5-6,9-12,15,19H,2-4,7-8,13-14H2,1H3. The summed E-state index contributed by atoms with van der Waals surface area (Å²) in [6, 6.07) is 14.2. The van der Waals surface area contributed by atoms with Gasteiger partial charge in [0, 0.05) is 13.1 Å². The fourth-order valence-corrected chi connectivity index (χ4v) is 3.21. The van der Waals surface area contributed by atoms with E-state index in [-0.39, 0.29) is 12.0 Å². The molecule has 1 aliphatic heterocycles. The second-order valence-corrected chi connectivity index (χ2v) is 6.26. The van der Waals surface area contributed by atoms with Crippen LogP contribution in [0.25, 0.3) is 10.8 Å². The lowest BCUT2D eigenvalue weighted by Gasteiger charge is -2.26. The summed E-state index contributed by atoms with van der Waals surface area (Å²) in [5.74, 6) is 0.918. The summed E-state index contributed by atoms with van der Waals surface area (Å²) >= 11 is 0. The fourth-order valence-electron chi connectivity index (χ4n) is 3.21. The first-order valence-electron chi connectivity index (χ1n) is 8.72. The molecule has 122 valence electrons. The van der Waals surface area contributed by atoms with E-state index in [1.807, 2.05) is 42.2 Å². The summed E-state index contributed by atoms with van der Waals surface area (Å²) in [6.45, 7) is 3.76. The molecule has 1 amide bonds. The Hall–Kier alpha value is -2.03. The normalized spacial score (nSPS) is 16.8. The second kappa shape index (κ2) is 7.49. The summed E-state index contributed by atoms with van der Waals surface area (Å²) in [4.78, 5) is 14.7. The second-order valence-electron chi connectivity index (χ2n) is 6.26. The summed E-state index contributed by atoms with van der Waals surface area (Å²) in [6.07, 6.45) is 4.99. The Kier molecular flexibility index (Phi) is 5.16. The van der Waals surface area contributed by atoms with Gasteiger partial charge in [0.25, 0.3) is 5.91 Å². The van der Waals surface area contributed by atoms with Gasteiger partial charge in [-0.05, 0) is 42.2 Å². The average molecular weight is 311 g/mol. The molecule has 0 N–H and O–H groups in total. The van der Waals surface area contributed by atoms with Crippen molar-refractivity contribution in [3.63, 3.8) is 0 Å². The van der Waals surface area contributed by atoms with Gasteiger partial charge in [-0.15, -0.1) is 0 Å². The zero-order chi connectivity index (χ0) is 16.1. The van der Waals surface area contributed by atoms with Gasteiger partial charge in [-0.25, -0.2) is 0 Å². The lowest BCUT2D eigenvalue weighted by molar-refractivity contribution is -0.138. The van der Waals surface area contributed by atoms with Crippen LogP contribution in [-0.2, 0) is 4.79 Å². The van der Waals surface area contributed by atoms with Crippen LogP contribution in [0.4, 0.5) is 0 Å². The van der Waals surface area contributed by atoms with E-state index in [1.54, 1.807) is 0 Å². The molecule has 1 unspecified atom stereocenters. The highest BCUT2D eigenvalue weighted by Crippen LogP contribution is 2.23. The molecule has 0 bridgehead atoms. The number of amides is 1. The zero-order valence-electron chi connectivity index (χ0n) is 13.8. The van der Waals surface area contributed by atoms with E-state index < -0.39 is 0 Å². The summed E-state index contributed by atoms with van der Waals surface area (Å²) in [5, 5.41) is 2.33. The van der Waals surface area contributed by atoms with Gasteiger partial charge < -0.3 is 9.64 Å². The van der Waals surface area contributed by atoms with Gasteiger partial charge in [0.1, 0.15) is 5.75 Å². The van der Waals surface area contributed by atoms with Crippen molar-refractivity contribution in [1.29, 1.82) is 0 Å². The molecule has 0 radical (unpaired) electrons. The van der Waals surface area contributed by atoms with E-state index in [2.05, 4.69) is 12.1 Å². The molecule has 0 spiro atoms.